The average molecular weight is 326 g/mol. The number of halogens is 1. The van der Waals surface area contributed by atoms with E-state index < -0.39 is 0 Å². The maximum atomic E-state index is 6.26. The molecule has 0 amide bonds. The average Bonchev–Trinajstić information content (AvgIpc) is 2.67. The molecule has 0 aliphatic carbocycles. The monoisotopic (exact) mass is 325 g/mol. The van der Waals surface area contributed by atoms with Crippen LogP contribution in [-0.2, 0) is 10.2 Å². The van der Waals surface area contributed by atoms with E-state index in [4.69, 9.17) is 15.5 Å². The normalized spacial score (nSPS) is 14.0. The first-order valence-corrected chi connectivity index (χ1v) is 7.06. The van der Waals surface area contributed by atoms with Crippen LogP contribution in [0.4, 0.5) is 0 Å². The topological polar surface area (TPSA) is 52.5 Å². The van der Waals surface area contributed by atoms with E-state index in [2.05, 4.69) is 36.7 Å². The molecular weight excluding hydrogens is 306 g/mol. The number of nitrogens with zero attached hydrogens (tertiary/aromatic N) is 2. The summed E-state index contributed by atoms with van der Waals surface area (Å²) >= 11 is 3.49. The van der Waals surface area contributed by atoms with E-state index >= 15 is 0 Å². The van der Waals surface area contributed by atoms with Gasteiger partial charge in [-0.2, -0.15) is 0 Å². The highest BCUT2D eigenvalue weighted by atomic mass is 79.9. The standard InChI is InChI=1S/C14H20BrN3O/c1-14(2,3)13-12(10(16)8-19-4)18-7-9(15)5-6-11(18)17-13/h5-7,10H,8,16H2,1-4H3. The lowest BCUT2D eigenvalue weighted by molar-refractivity contribution is 0.178. The molecule has 4 nitrogen and oxygen atoms in total. The van der Waals surface area contributed by atoms with Crippen LogP contribution in [0.5, 0.6) is 0 Å². The number of hydrogen-bond acceptors (Lipinski definition) is 3. The smallest absolute Gasteiger partial charge is 0.137 e. The van der Waals surface area contributed by atoms with Gasteiger partial charge in [-0.3, -0.25) is 0 Å². The van der Waals surface area contributed by atoms with Crippen molar-refractivity contribution in [2.45, 2.75) is 32.2 Å². The highest BCUT2D eigenvalue weighted by molar-refractivity contribution is 9.10. The van der Waals surface area contributed by atoms with Crippen molar-refractivity contribution in [2.75, 3.05) is 13.7 Å². The van der Waals surface area contributed by atoms with Crippen LogP contribution in [0, 0.1) is 0 Å². The van der Waals surface area contributed by atoms with Gasteiger partial charge in [0.25, 0.3) is 0 Å². The lowest BCUT2D eigenvalue weighted by Gasteiger charge is -2.21. The molecule has 1 atom stereocenters. The van der Waals surface area contributed by atoms with Crippen LogP contribution < -0.4 is 5.73 Å². The van der Waals surface area contributed by atoms with Gasteiger partial charge in [-0.1, -0.05) is 20.8 Å². The Morgan fingerprint density at radius 3 is 2.68 bits per heavy atom. The Morgan fingerprint density at radius 2 is 2.11 bits per heavy atom. The molecule has 0 saturated heterocycles. The highest BCUT2D eigenvalue weighted by Gasteiger charge is 2.27. The van der Waals surface area contributed by atoms with Crippen molar-refractivity contribution in [1.29, 1.82) is 0 Å². The number of hydrogen-bond donors (Lipinski definition) is 1. The second kappa shape index (κ2) is 5.23. The molecule has 0 aliphatic rings. The number of aromatic nitrogens is 2. The summed E-state index contributed by atoms with van der Waals surface area (Å²) in [7, 11) is 1.66. The van der Waals surface area contributed by atoms with Gasteiger partial charge in [0.05, 0.1) is 24.0 Å². The Balaban J connectivity index is 2.70. The summed E-state index contributed by atoms with van der Waals surface area (Å²) in [6.07, 6.45) is 2.00. The van der Waals surface area contributed by atoms with Crippen molar-refractivity contribution in [3.8, 4) is 0 Å². The van der Waals surface area contributed by atoms with Gasteiger partial charge < -0.3 is 14.9 Å². The Labute approximate surface area is 122 Å². The summed E-state index contributed by atoms with van der Waals surface area (Å²) in [5.41, 5.74) is 9.16. The summed E-state index contributed by atoms with van der Waals surface area (Å²) < 4.78 is 8.25. The summed E-state index contributed by atoms with van der Waals surface area (Å²) in [6, 6.07) is 3.78. The molecule has 2 rings (SSSR count). The molecular formula is C14H20BrN3O. The van der Waals surface area contributed by atoms with Crippen LogP contribution in [0.3, 0.4) is 0 Å². The predicted molar refractivity (Wildman–Crippen MR) is 80.4 cm³/mol. The van der Waals surface area contributed by atoms with Crippen LogP contribution in [0.1, 0.15) is 38.2 Å². The lowest BCUT2D eigenvalue weighted by Crippen LogP contribution is -2.24. The number of methoxy groups -OCH3 is 1. The number of nitrogens with two attached hydrogens (primary N) is 1. The molecule has 104 valence electrons. The second-order valence-corrected chi connectivity index (χ2v) is 6.65. The quantitative estimate of drug-likeness (QED) is 0.943. The van der Waals surface area contributed by atoms with Gasteiger partial charge in [-0.05, 0) is 28.1 Å². The van der Waals surface area contributed by atoms with Crippen molar-refractivity contribution >= 4 is 21.6 Å². The van der Waals surface area contributed by atoms with E-state index in [0.717, 1.165) is 21.5 Å². The number of fused-ring (bicyclic) bond motifs is 1. The molecule has 0 bridgehead atoms. The van der Waals surface area contributed by atoms with E-state index in [0.29, 0.717) is 6.61 Å². The van der Waals surface area contributed by atoms with E-state index in [1.54, 1.807) is 7.11 Å². The lowest BCUT2D eigenvalue weighted by atomic mass is 9.89. The minimum Gasteiger partial charge on any atom is -0.383 e. The highest BCUT2D eigenvalue weighted by Crippen LogP contribution is 2.30. The zero-order valence-corrected chi connectivity index (χ0v) is 13.4. The van der Waals surface area contributed by atoms with E-state index in [-0.39, 0.29) is 11.5 Å². The van der Waals surface area contributed by atoms with E-state index in [1.165, 1.54) is 0 Å². The molecule has 5 heteroatoms. The molecule has 2 aromatic rings. The zero-order valence-electron chi connectivity index (χ0n) is 11.8. The van der Waals surface area contributed by atoms with Crippen molar-refractivity contribution in [1.82, 2.24) is 9.38 Å². The molecule has 2 heterocycles. The molecule has 2 N–H and O–H groups in total. The predicted octanol–water partition coefficient (Wildman–Crippen LogP) is 3.04. The van der Waals surface area contributed by atoms with Gasteiger partial charge >= 0.3 is 0 Å². The summed E-state index contributed by atoms with van der Waals surface area (Å²) in [5.74, 6) is 0. The molecule has 0 radical (unpaired) electrons. The van der Waals surface area contributed by atoms with Crippen LogP contribution in [0.15, 0.2) is 22.8 Å². The number of ether oxygens (including phenoxy) is 1. The van der Waals surface area contributed by atoms with Gasteiger partial charge in [0.2, 0.25) is 0 Å². The largest absolute Gasteiger partial charge is 0.383 e. The summed E-state index contributed by atoms with van der Waals surface area (Å²) in [5, 5.41) is 0. The minimum atomic E-state index is -0.191. The van der Waals surface area contributed by atoms with E-state index in [1.807, 2.05) is 22.7 Å². The van der Waals surface area contributed by atoms with Gasteiger partial charge in [-0.15, -0.1) is 0 Å². The summed E-state index contributed by atoms with van der Waals surface area (Å²) in [6.45, 7) is 6.91. The molecule has 0 aromatic carbocycles. The fourth-order valence-corrected chi connectivity index (χ4v) is 2.54. The molecule has 2 aromatic heterocycles. The van der Waals surface area contributed by atoms with Gasteiger partial charge in [0.15, 0.2) is 0 Å². The molecule has 1 unspecified atom stereocenters. The van der Waals surface area contributed by atoms with Crippen molar-refractivity contribution < 1.29 is 4.74 Å². The Kier molecular flexibility index (Phi) is 3.99. The fourth-order valence-electron chi connectivity index (χ4n) is 2.20. The SMILES string of the molecule is COCC(N)c1c(C(C)(C)C)nc2ccc(Br)cn12. The molecule has 0 saturated carbocycles. The fraction of sp³-hybridized carbons (Fsp3) is 0.500. The van der Waals surface area contributed by atoms with Crippen molar-refractivity contribution in [3.63, 3.8) is 0 Å². The maximum Gasteiger partial charge on any atom is 0.137 e. The van der Waals surface area contributed by atoms with Crippen LogP contribution >= 0.6 is 15.9 Å². The number of imidazole rings is 1. The van der Waals surface area contributed by atoms with Crippen LogP contribution in [-0.4, -0.2) is 23.1 Å². The van der Waals surface area contributed by atoms with Crippen molar-refractivity contribution in [2.24, 2.45) is 5.73 Å². The first-order valence-electron chi connectivity index (χ1n) is 6.27. The minimum absolute atomic E-state index is 0.0564. The zero-order chi connectivity index (χ0) is 14.2. The maximum absolute atomic E-state index is 6.26. The van der Waals surface area contributed by atoms with Crippen LogP contribution in [0.25, 0.3) is 5.65 Å². The molecule has 0 aliphatic heterocycles. The Bertz CT molecular complexity index is 586. The molecule has 0 fully saturated rings. The number of rotatable bonds is 3. The summed E-state index contributed by atoms with van der Waals surface area (Å²) in [4.78, 5) is 4.73. The third kappa shape index (κ3) is 2.83. The first kappa shape index (κ1) is 14.5. The van der Waals surface area contributed by atoms with E-state index in [9.17, 15) is 0 Å². The van der Waals surface area contributed by atoms with Gasteiger partial charge in [0, 0.05) is 23.2 Å². The van der Waals surface area contributed by atoms with Gasteiger partial charge in [-0.25, -0.2) is 4.98 Å². The third-order valence-electron chi connectivity index (χ3n) is 3.03. The molecule has 0 spiro atoms. The van der Waals surface area contributed by atoms with Crippen molar-refractivity contribution in [3.05, 3.63) is 34.2 Å². The first-order chi connectivity index (χ1) is 8.84. The van der Waals surface area contributed by atoms with Crippen LogP contribution in [0.2, 0.25) is 0 Å². The molecule has 19 heavy (non-hydrogen) atoms. The Morgan fingerprint density at radius 1 is 1.42 bits per heavy atom. The second-order valence-electron chi connectivity index (χ2n) is 5.73. The Hall–Kier alpha value is -0.910. The third-order valence-corrected chi connectivity index (χ3v) is 3.50. The van der Waals surface area contributed by atoms with Gasteiger partial charge in [0.1, 0.15) is 5.65 Å². The number of pyridine rings is 1.